The van der Waals surface area contributed by atoms with E-state index in [4.69, 9.17) is 9.15 Å². The predicted octanol–water partition coefficient (Wildman–Crippen LogP) is 5.65. The summed E-state index contributed by atoms with van der Waals surface area (Å²) in [6.45, 7) is 1.93. The molecular weight excluding hydrogens is 504 g/mol. The van der Waals surface area contributed by atoms with Gasteiger partial charge in [0.2, 0.25) is 11.2 Å². The van der Waals surface area contributed by atoms with Gasteiger partial charge in [-0.05, 0) is 42.0 Å². The van der Waals surface area contributed by atoms with E-state index in [2.05, 4.69) is 0 Å². The van der Waals surface area contributed by atoms with Crippen molar-refractivity contribution in [1.82, 2.24) is 4.90 Å². The van der Waals surface area contributed by atoms with Gasteiger partial charge in [-0.2, -0.15) is 13.2 Å². The number of ether oxygens (including phenoxy) is 1. The van der Waals surface area contributed by atoms with Crippen LogP contribution in [-0.2, 0) is 12.7 Å². The maximum Gasteiger partial charge on any atom is 0.450 e. The molecular formula is C28H24F4N2O4. The zero-order valence-corrected chi connectivity index (χ0v) is 20.4. The minimum Gasteiger partial charge on any atom is -0.507 e. The Bertz CT molecular complexity index is 1530. The zero-order chi connectivity index (χ0) is 27.0. The second-order valence-electron chi connectivity index (χ2n) is 9.02. The summed E-state index contributed by atoms with van der Waals surface area (Å²) in [6.07, 6.45) is -4.96. The second kappa shape index (κ2) is 10.0. The molecule has 1 fully saturated rings. The van der Waals surface area contributed by atoms with Gasteiger partial charge in [0, 0.05) is 32.7 Å². The summed E-state index contributed by atoms with van der Waals surface area (Å²) in [6, 6.07) is 14.6. The minimum absolute atomic E-state index is 0.0349. The molecule has 1 aliphatic heterocycles. The van der Waals surface area contributed by atoms with E-state index in [1.165, 1.54) is 49.6 Å². The van der Waals surface area contributed by atoms with Crippen molar-refractivity contribution in [2.45, 2.75) is 12.7 Å². The van der Waals surface area contributed by atoms with Crippen LogP contribution in [0.1, 0.15) is 11.3 Å². The number of anilines is 1. The molecule has 198 valence electrons. The summed E-state index contributed by atoms with van der Waals surface area (Å²) in [7, 11) is 1.42. The molecule has 2 heterocycles. The Morgan fingerprint density at radius 1 is 0.974 bits per heavy atom. The lowest BCUT2D eigenvalue weighted by Crippen LogP contribution is -2.46. The second-order valence-corrected chi connectivity index (χ2v) is 9.02. The van der Waals surface area contributed by atoms with Crippen molar-refractivity contribution >= 4 is 16.7 Å². The molecule has 1 aromatic heterocycles. The molecule has 1 N–H and O–H groups in total. The van der Waals surface area contributed by atoms with Crippen LogP contribution in [0.4, 0.5) is 23.2 Å². The number of fused-ring (bicyclic) bond motifs is 1. The van der Waals surface area contributed by atoms with Crippen molar-refractivity contribution in [3.05, 3.63) is 88.0 Å². The maximum absolute atomic E-state index is 14.2. The van der Waals surface area contributed by atoms with Gasteiger partial charge in [0.15, 0.2) is 0 Å². The largest absolute Gasteiger partial charge is 0.507 e. The lowest BCUT2D eigenvalue weighted by molar-refractivity contribution is -0.152. The predicted molar refractivity (Wildman–Crippen MR) is 135 cm³/mol. The number of hydrogen-bond acceptors (Lipinski definition) is 6. The molecule has 3 aromatic carbocycles. The Hall–Kier alpha value is -4.05. The average Bonchev–Trinajstić information content (AvgIpc) is 2.90. The number of methoxy groups -OCH3 is 1. The van der Waals surface area contributed by atoms with Gasteiger partial charge in [-0.1, -0.05) is 24.3 Å². The van der Waals surface area contributed by atoms with Gasteiger partial charge in [0.25, 0.3) is 0 Å². The van der Waals surface area contributed by atoms with Crippen LogP contribution in [0.2, 0.25) is 0 Å². The SMILES string of the molecule is COc1ccc(-c2c(C(F)(F)F)oc3c(CN4CCN(c5ccccc5F)CC4)c(O)ccc3c2=O)cc1. The van der Waals surface area contributed by atoms with E-state index in [1.54, 1.807) is 18.2 Å². The van der Waals surface area contributed by atoms with E-state index in [9.17, 15) is 27.5 Å². The van der Waals surface area contributed by atoms with Gasteiger partial charge in [0.05, 0.1) is 29.3 Å². The summed E-state index contributed by atoms with van der Waals surface area (Å²) in [4.78, 5) is 17.2. The van der Waals surface area contributed by atoms with E-state index in [-0.39, 0.29) is 40.2 Å². The molecule has 0 unspecified atom stereocenters. The van der Waals surface area contributed by atoms with Gasteiger partial charge in [-0.25, -0.2) is 4.39 Å². The number of aromatic hydroxyl groups is 1. The number of phenols is 1. The van der Waals surface area contributed by atoms with Crippen LogP contribution in [0, 0.1) is 5.82 Å². The third-order valence-corrected chi connectivity index (χ3v) is 6.72. The molecule has 0 aliphatic carbocycles. The smallest absolute Gasteiger partial charge is 0.450 e. The third kappa shape index (κ3) is 4.79. The topological polar surface area (TPSA) is 66.2 Å². The summed E-state index contributed by atoms with van der Waals surface area (Å²) in [5, 5.41) is 10.5. The van der Waals surface area contributed by atoms with Crippen LogP contribution < -0.4 is 15.1 Å². The molecule has 0 bridgehead atoms. The number of hydrogen-bond donors (Lipinski definition) is 1. The molecule has 1 saturated heterocycles. The molecule has 5 rings (SSSR count). The minimum atomic E-state index is -4.96. The number of piperazine rings is 1. The van der Waals surface area contributed by atoms with Crippen molar-refractivity contribution in [2.24, 2.45) is 0 Å². The van der Waals surface area contributed by atoms with E-state index in [0.717, 1.165) is 0 Å². The quantitative estimate of drug-likeness (QED) is 0.338. The summed E-state index contributed by atoms with van der Waals surface area (Å²) in [5.41, 5.74) is -1.17. The molecule has 0 amide bonds. The molecule has 10 heteroatoms. The van der Waals surface area contributed by atoms with E-state index in [0.29, 0.717) is 37.6 Å². The number of para-hydroxylation sites is 1. The van der Waals surface area contributed by atoms with Crippen LogP contribution in [0.5, 0.6) is 11.5 Å². The summed E-state index contributed by atoms with van der Waals surface area (Å²) < 4.78 is 67.1. The lowest BCUT2D eigenvalue weighted by atomic mass is 10.00. The van der Waals surface area contributed by atoms with E-state index in [1.807, 2.05) is 9.80 Å². The number of nitrogens with zero attached hydrogens (tertiary/aromatic N) is 2. The van der Waals surface area contributed by atoms with Gasteiger partial charge >= 0.3 is 6.18 Å². The van der Waals surface area contributed by atoms with Crippen molar-refractivity contribution in [1.29, 1.82) is 0 Å². The van der Waals surface area contributed by atoms with Crippen LogP contribution in [-0.4, -0.2) is 43.3 Å². The van der Waals surface area contributed by atoms with Crippen molar-refractivity contribution < 1.29 is 31.8 Å². The van der Waals surface area contributed by atoms with Crippen molar-refractivity contribution in [3.63, 3.8) is 0 Å². The molecule has 4 aromatic rings. The monoisotopic (exact) mass is 528 g/mol. The first-order valence-electron chi connectivity index (χ1n) is 11.9. The van der Waals surface area contributed by atoms with E-state index < -0.39 is 22.9 Å². The Balaban J connectivity index is 1.52. The fourth-order valence-electron chi connectivity index (χ4n) is 4.75. The Morgan fingerprint density at radius 3 is 2.29 bits per heavy atom. The molecule has 0 atom stereocenters. The summed E-state index contributed by atoms with van der Waals surface area (Å²) in [5.74, 6) is -1.62. The van der Waals surface area contributed by atoms with Crippen LogP contribution in [0.3, 0.4) is 0 Å². The van der Waals surface area contributed by atoms with Gasteiger partial charge in [-0.3, -0.25) is 9.69 Å². The fourth-order valence-corrected chi connectivity index (χ4v) is 4.75. The van der Waals surface area contributed by atoms with Crippen molar-refractivity contribution in [2.75, 3.05) is 38.2 Å². The third-order valence-electron chi connectivity index (χ3n) is 6.72. The van der Waals surface area contributed by atoms with Crippen LogP contribution in [0.25, 0.3) is 22.1 Å². The highest BCUT2D eigenvalue weighted by Gasteiger charge is 2.40. The first kappa shape index (κ1) is 25.6. The lowest BCUT2D eigenvalue weighted by Gasteiger charge is -2.36. The maximum atomic E-state index is 14.2. The number of phenolic OH excluding ortho intramolecular Hbond substituents is 1. The number of rotatable bonds is 5. The standard InChI is InChI=1S/C28H24F4N2O4/c1-37-18-8-6-17(7-9-18)24-25(36)19-10-11-23(35)20(26(19)38-27(24)28(30,31)32)16-33-12-14-34(15-13-33)22-5-3-2-4-21(22)29/h2-11,35H,12-16H2,1H3. The highest BCUT2D eigenvalue weighted by Crippen LogP contribution is 2.39. The molecule has 0 spiro atoms. The molecule has 1 aliphatic rings. The average molecular weight is 529 g/mol. The van der Waals surface area contributed by atoms with Gasteiger partial charge < -0.3 is 19.2 Å². The number of benzene rings is 3. The number of alkyl halides is 3. The van der Waals surface area contributed by atoms with Crippen LogP contribution >= 0.6 is 0 Å². The highest BCUT2D eigenvalue weighted by atomic mass is 19.4. The Labute approximate surface area is 215 Å². The number of halogens is 4. The van der Waals surface area contributed by atoms with Crippen molar-refractivity contribution in [3.8, 4) is 22.6 Å². The normalized spacial score (nSPS) is 14.7. The first-order chi connectivity index (χ1) is 18.2. The van der Waals surface area contributed by atoms with Gasteiger partial charge in [-0.15, -0.1) is 0 Å². The molecule has 0 radical (unpaired) electrons. The van der Waals surface area contributed by atoms with Gasteiger partial charge in [0.1, 0.15) is 22.9 Å². The molecule has 0 saturated carbocycles. The highest BCUT2D eigenvalue weighted by molar-refractivity contribution is 5.87. The molecule has 6 nitrogen and oxygen atoms in total. The Kier molecular flexibility index (Phi) is 6.75. The molecule has 38 heavy (non-hydrogen) atoms. The fraction of sp³-hybridized carbons (Fsp3) is 0.250. The van der Waals surface area contributed by atoms with E-state index >= 15 is 0 Å². The Morgan fingerprint density at radius 2 is 1.66 bits per heavy atom. The zero-order valence-electron chi connectivity index (χ0n) is 20.4. The first-order valence-corrected chi connectivity index (χ1v) is 11.9. The summed E-state index contributed by atoms with van der Waals surface area (Å²) >= 11 is 0. The van der Waals surface area contributed by atoms with Crippen LogP contribution in [0.15, 0.2) is 69.9 Å².